The quantitative estimate of drug-likeness (QED) is 0.758. The molecular formula is C16H27N. The summed E-state index contributed by atoms with van der Waals surface area (Å²) in [6, 6.07) is 6.86. The van der Waals surface area contributed by atoms with Crippen LogP contribution in [-0.2, 0) is 6.42 Å². The number of rotatable bonds is 5. The Morgan fingerprint density at radius 1 is 0.941 bits per heavy atom. The Balaban J connectivity index is 2.27. The van der Waals surface area contributed by atoms with E-state index >= 15 is 0 Å². The molecule has 0 aliphatic rings. The van der Waals surface area contributed by atoms with E-state index in [1.54, 1.807) is 0 Å². The van der Waals surface area contributed by atoms with Crippen LogP contribution in [0.1, 0.15) is 50.3 Å². The highest BCUT2D eigenvalue weighted by atomic mass is 14.9. The Labute approximate surface area is 107 Å². The molecule has 0 amide bonds. The zero-order chi connectivity index (χ0) is 12.9. The van der Waals surface area contributed by atoms with E-state index in [1.807, 2.05) is 0 Å². The van der Waals surface area contributed by atoms with E-state index in [1.165, 1.54) is 36.0 Å². The number of hydrogen-bond acceptors (Lipinski definition) is 1. The van der Waals surface area contributed by atoms with Crippen LogP contribution in [0.25, 0.3) is 0 Å². The molecule has 0 aromatic heterocycles. The minimum Gasteiger partial charge on any atom is -0.312 e. The van der Waals surface area contributed by atoms with Crippen molar-refractivity contribution in [2.24, 2.45) is 0 Å². The van der Waals surface area contributed by atoms with E-state index in [4.69, 9.17) is 0 Å². The van der Waals surface area contributed by atoms with Gasteiger partial charge < -0.3 is 5.32 Å². The molecule has 0 heterocycles. The largest absolute Gasteiger partial charge is 0.312 e. The molecule has 1 aromatic rings. The van der Waals surface area contributed by atoms with Crippen LogP contribution in [0.5, 0.6) is 0 Å². The maximum atomic E-state index is 3.53. The molecule has 0 radical (unpaired) electrons. The van der Waals surface area contributed by atoms with Gasteiger partial charge in [-0.3, -0.25) is 0 Å². The van der Waals surface area contributed by atoms with Crippen LogP contribution in [-0.4, -0.2) is 12.1 Å². The molecule has 0 aliphatic heterocycles. The molecule has 0 spiro atoms. The van der Waals surface area contributed by atoms with E-state index < -0.39 is 0 Å². The Morgan fingerprint density at radius 3 is 2.06 bits per heavy atom. The molecule has 0 saturated heterocycles. The summed E-state index contributed by atoms with van der Waals surface area (Å²) >= 11 is 0. The standard InChI is InChI=1S/C16H27N/c1-13-10-14(2)12-15(11-13)8-6-7-9-17-16(3,4)5/h10-12,17H,6-9H2,1-5H3. The highest BCUT2D eigenvalue weighted by molar-refractivity contribution is 5.28. The van der Waals surface area contributed by atoms with Crippen LogP contribution in [0.15, 0.2) is 18.2 Å². The second kappa shape index (κ2) is 6.20. The van der Waals surface area contributed by atoms with Crippen molar-refractivity contribution in [2.75, 3.05) is 6.54 Å². The molecule has 1 N–H and O–H groups in total. The van der Waals surface area contributed by atoms with E-state index in [-0.39, 0.29) is 5.54 Å². The van der Waals surface area contributed by atoms with Gasteiger partial charge in [0.25, 0.3) is 0 Å². The van der Waals surface area contributed by atoms with Gasteiger partial charge >= 0.3 is 0 Å². The zero-order valence-corrected chi connectivity index (χ0v) is 12.1. The Hall–Kier alpha value is -0.820. The first-order valence-corrected chi connectivity index (χ1v) is 6.69. The summed E-state index contributed by atoms with van der Waals surface area (Å²) in [6.07, 6.45) is 3.73. The molecule has 1 heteroatoms. The fraction of sp³-hybridized carbons (Fsp3) is 0.625. The molecule has 0 unspecified atom stereocenters. The van der Waals surface area contributed by atoms with Gasteiger partial charge in [-0.2, -0.15) is 0 Å². The van der Waals surface area contributed by atoms with E-state index in [0.29, 0.717) is 0 Å². The first kappa shape index (κ1) is 14.2. The fourth-order valence-corrected chi connectivity index (χ4v) is 2.13. The maximum absolute atomic E-state index is 3.53. The van der Waals surface area contributed by atoms with Gasteiger partial charge in [0.15, 0.2) is 0 Å². The van der Waals surface area contributed by atoms with Crippen molar-refractivity contribution in [1.29, 1.82) is 0 Å². The molecule has 1 rings (SSSR count). The molecule has 1 nitrogen and oxygen atoms in total. The fourth-order valence-electron chi connectivity index (χ4n) is 2.13. The highest BCUT2D eigenvalue weighted by Gasteiger charge is 2.06. The summed E-state index contributed by atoms with van der Waals surface area (Å²) in [5, 5.41) is 3.53. The van der Waals surface area contributed by atoms with Crippen molar-refractivity contribution in [3.05, 3.63) is 34.9 Å². The second-order valence-corrected chi connectivity index (χ2v) is 6.13. The van der Waals surface area contributed by atoms with Gasteiger partial charge in [0, 0.05) is 5.54 Å². The minimum atomic E-state index is 0.250. The van der Waals surface area contributed by atoms with E-state index in [0.717, 1.165) is 6.54 Å². The van der Waals surface area contributed by atoms with Gasteiger partial charge in [0.2, 0.25) is 0 Å². The van der Waals surface area contributed by atoms with Crippen LogP contribution in [0.4, 0.5) is 0 Å². The SMILES string of the molecule is Cc1cc(C)cc(CCCCNC(C)(C)C)c1. The number of aryl methyl sites for hydroxylation is 3. The number of hydrogen-bond donors (Lipinski definition) is 1. The first-order valence-electron chi connectivity index (χ1n) is 6.69. The van der Waals surface area contributed by atoms with Crippen molar-refractivity contribution in [2.45, 2.75) is 59.4 Å². The number of benzene rings is 1. The molecular weight excluding hydrogens is 206 g/mol. The predicted molar refractivity (Wildman–Crippen MR) is 76.6 cm³/mol. The molecule has 0 bridgehead atoms. The highest BCUT2D eigenvalue weighted by Crippen LogP contribution is 2.11. The second-order valence-electron chi connectivity index (χ2n) is 6.13. The summed E-state index contributed by atoms with van der Waals surface area (Å²) in [5.74, 6) is 0. The number of nitrogens with one attached hydrogen (secondary N) is 1. The van der Waals surface area contributed by atoms with Crippen LogP contribution < -0.4 is 5.32 Å². The lowest BCUT2D eigenvalue weighted by Gasteiger charge is -2.20. The zero-order valence-electron chi connectivity index (χ0n) is 12.1. The summed E-state index contributed by atoms with van der Waals surface area (Å²) in [4.78, 5) is 0. The van der Waals surface area contributed by atoms with Gasteiger partial charge in [-0.05, 0) is 66.0 Å². The topological polar surface area (TPSA) is 12.0 Å². The molecule has 0 fully saturated rings. The summed E-state index contributed by atoms with van der Waals surface area (Å²) in [7, 11) is 0. The van der Waals surface area contributed by atoms with Crippen LogP contribution in [0, 0.1) is 13.8 Å². The monoisotopic (exact) mass is 233 g/mol. The van der Waals surface area contributed by atoms with Gasteiger partial charge in [0.05, 0.1) is 0 Å². The Morgan fingerprint density at radius 2 is 1.53 bits per heavy atom. The van der Waals surface area contributed by atoms with Gasteiger partial charge in [-0.25, -0.2) is 0 Å². The molecule has 1 aromatic carbocycles. The van der Waals surface area contributed by atoms with Gasteiger partial charge in [-0.15, -0.1) is 0 Å². The average Bonchev–Trinajstić information content (AvgIpc) is 2.13. The minimum absolute atomic E-state index is 0.250. The van der Waals surface area contributed by atoms with Crippen LogP contribution in [0.3, 0.4) is 0 Å². The predicted octanol–water partition coefficient (Wildman–Crippen LogP) is 4.01. The van der Waals surface area contributed by atoms with Crippen molar-refractivity contribution >= 4 is 0 Å². The van der Waals surface area contributed by atoms with Crippen molar-refractivity contribution < 1.29 is 0 Å². The average molecular weight is 233 g/mol. The third kappa shape index (κ3) is 6.48. The smallest absolute Gasteiger partial charge is 0.00965 e. The Kier molecular flexibility index (Phi) is 5.20. The third-order valence-corrected chi connectivity index (χ3v) is 2.83. The van der Waals surface area contributed by atoms with Gasteiger partial charge in [-0.1, -0.05) is 29.3 Å². The van der Waals surface area contributed by atoms with Crippen LogP contribution >= 0.6 is 0 Å². The van der Waals surface area contributed by atoms with Crippen molar-refractivity contribution in [1.82, 2.24) is 5.32 Å². The lowest BCUT2D eigenvalue weighted by atomic mass is 10.0. The first-order chi connectivity index (χ1) is 7.87. The molecule has 0 saturated carbocycles. The molecule has 0 aliphatic carbocycles. The molecule has 17 heavy (non-hydrogen) atoms. The van der Waals surface area contributed by atoms with Gasteiger partial charge in [0.1, 0.15) is 0 Å². The van der Waals surface area contributed by atoms with Crippen LogP contribution in [0.2, 0.25) is 0 Å². The summed E-state index contributed by atoms with van der Waals surface area (Å²) in [5.41, 5.74) is 4.50. The lowest BCUT2D eigenvalue weighted by molar-refractivity contribution is 0.419. The van der Waals surface area contributed by atoms with E-state index in [9.17, 15) is 0 Å². The summed E-state index contributed by atoms with van der Waals surface area (Å²) < 4.78 is 0. The third-order valence-electron chi connectivity index (χ3n) is 2.83. The summed E-state index contributed by atoms with van der Waals surface area (Å²) in [6.45, 7) is 12.1. The lowest BCUT2D eigenvalue weighted by Crippen LogP contribution is -2.36. The maximum Gasteiger partial charge on any atom is 0.00965 e. The van der Waals surface area contributed by atoms with Crippen molar-refractivity contribution in [3.8, 4) is 0 Å². The Bertz CT molecular complexity index is 327. The molecule has 96 valence electrons. The van der Waals surface area contributed by atoms with Crippen molar-refractivity contribution in [3.63, 3.8) is 0 Å². The normalized spacial score (nSPS) is 11.8. The van der Waals surface area contributed by atoms with E-state index in [2.05, 4.69) is 58.1 Å². The number of unbranched alkanes of at least 4 members (excludes halogenated alkanes) is 1. The molecule has 0 atom stereocenters.